The minimum absolute atomic E-state index is 0.103. The highest BCUT2D eigenvalue weighted by atomic mass is 32.2. The first-order valence-electron chi connectivity index (χ1n) is 10.5. The van der Waals surface area contributed by atoms with Crippen LogP contribution < -0.4 is 0 Å². The van der Waals surface area contributed by atoms with Gasteiger partial charge in [-0.15, -0.1) is 0 Å². The molecule has 5 heteroatoms. The third-order valence-corrected chi connectivity index (χ3v) is 6.71. The number of ether oxygens (including phenoxy) is 1. The molecular formula is C22H37NO2S2. The molecule has 0 aliphatic rings. The zero-order chi connectivity index (χ0) is 19.4. The Morgan fingerprint density at radius 2 is 1.59 bits per heavy atom. The van der Waals surface area contributed by atoms with Crippen molar-refractivity contribution in [3.05, 3.63) is 30.1 Å². The van der Waals surface area contributed by atoms with E-state index in [1.54, 1.807) is 12.4 Å². The van der Waals surface area contributed by atoms with Crippen LogP contribution in [0.5, 0.6) is 0 Å². The van der Waals surface area contributed by atoms with Crippen LogP contribution >= 0.6 is 23.5 Å². The van der Waals surface area contributed by atoms with Gasteiger partial charge in [0.15, 0.2) is 0 Å². The van der Waals surface area contributed by atoms with Gasteiger partial charge in [-0.2, -0.15) is 23.5 Å². The van der Waals surface area contributed by atoms with E-state index in [2.05, 4.69) is 23.7 Å². The van der Waals surface area contributed by atoms with Crippen LogP contribution in [0.1, 0.15) is 76.7 Å². The lowest BCUT2D eigenvalue weighted by atomic mass is 10.1. The van der Waals surface area contributed by atoms with Crippen LogP contribution in [-0.4, -0.2) is 34.0 Å². The average molecular weight is 412 g/mol. The predicted octanol–water partition coefficient (Wildman–Crippen LogP) is 6.51. The number of carbonyl (C=O) groups is 1. The monoisotopic (exact) mass is 411 g/mol. The van der Waals surface area contributed by atoms with Crippen LogP contribution in [0.25, 0.3) is 0 Å². The molecule has 154 valence electrons. The van der Waals surface area contributed by atoms with E-state index in [1.807, 2.05) is 23.9 Å². The Hall–Kier alpha value is -0.680. The van der Waals surface area contributed by atoms with Gasteiger partial charge in [-0.05, 0) is 36.8 Å². The Morgan fingerprint density at radius 1 is 0.926 bits per heavy atom. The molecule has 0 radical (unpaired) electrons. The van der Waals surface area contributed by atoms with E-state index in [-0.39, 0.29) is 5.97 Å². The van der Waals surface area contributed by atoms with Crippen LogP contribution in [0.15, 0.2) is 24.5 Å². The molecule has 27 heavy (non-hydrogen) atoms. The van der Waals surface area contributed by atoms with Crippen molar-refractivity contribution < 1.29 is 9.53 Å². The SMILES string of the molecule is CCCCCCCCCSCCSCCCCC(=O)OCc1cccnc1. The van der Waals surface area contributed by atoms with Crippen LogP contribution in [0.3, 0.4) is 0 Å². The van der Waals surface area contributed by atoms with Gasteiger partial charge in [-0.25, -0.2) is 0 Å². The molecule has 1 aromatic heterocycles. The van der Waals surface area contributed by atoms with Gasteiger partial charge in [-0.3, -0.25) is 9.78 Å². The molecule has 0 fully saturated rings. The van der Waals surface area contributed by atoms with E-state index >= 15 is 0 Å². The van der Waals surface area contributed by atoms with Crippen LogP contribution in [0.2, 0.25) is 0 Å². The molecule has 0 N–H and O–H groups in total. The van der Waals surface area contributed by atoms with E-state index < -0.39 is 0 Å². The van der Waals surface area contributed by atoms with Gasteiger partial charge in [0.1, 0.15) is 6.61 Å². The van der Waals surface area contributed by atoms with Crippen LogP contribution in [0, 0.1) is 0 Å². The van der Waals surface area contributed by atoms with E-state index in [0.717, 1.165) is 24.2 Å². The molecule has 0 bridgehead atoms. The Labute approximate surface area is 174 Å². The predicted molar refractivity (Wildman–Crippen MR) is 121 cm³/mol. The smallest absolute Gasteiger partial charge is 0.306 e. The third-order valence-electron chi connectivity index (χ3n) is 4.31. The molecule has 1 rings (SSSR count). The maximum absolute atomic E-state index is 11.7. The molecule has 0 unspecified atom stereocenters. The largest absolute Gasteiger partial charge is 0.461 e. The normalized spacial score (nSPS) is 10.9. The minimum atomic E-state index is -0.103. The maximum Gasteiger partial charge on any atom is 0.306 e. The summed E-state index contributed by atoms with van der Waals surface area (Å²) in [6.07, 6.45) is 15.8. The molecule has 0 aliphatic heterocycles. The summed E-state index contributed by atoms with van der Waals surface area (Å²) in [5.74, 6) is 4.85. The van der Waals surface area contributed by atoms with Crippen molar-refractivity contribution in [3.8, 4) is 0 Å². The standard InChI is InChI=1S/C22H37NO2S2/c1-2-3-4-5-6-7-9-15-26-17-18-27-16-10-8-13-22(24)25-20-21-12-11-14-23-19-21/h11-12,14,19H,2-10,13,15-18,20H2,1H3. The lowest BCUT2D eigenvalue weighted by Gasteiger charge is -2.05. The van der Waals surface area contributed by atoms with E-state index in [1.165, 1.54) is 62.2 Å². The fourth-order valence-corrected chi connectivity index (χ4v) is 4.84. The molecule has 0 saturated carbocycles. The van der Waals surface area contributed by atoms with Crippen LogP contribution in [0.4, 0.5) is 0 Å². The lowest BCUT2D eigenvalue weighted by Crippen LogP contribution is -2.04. The fraction of sp³-hybridized carbons (Fsp3) is 0.727. The van der Waals surface area contributed by atoms with E-state index in [4.69, 9.17) is 4.74 Å². The first kappa shape index (κ1) is 24.4. The highest BCUT2D eigenvalue weighted by Crippen LogP contribution is 2.13. The summed E-state index contributed by atoms with van der Waals surface area (Å²) in [6.45, 7) is 2.60. The number of thioether (sulfide) groups is 2. The van der Waals surface area contributed by atoms with Crippen molar-refractivity contribution in [1.82, 2.24) is 4.98 Å². The Balaban J connectivity index is 1.77. The second-order valence-corrected chi connectivity index (χ2v) is 9.27. The number of aromatic nitrogens is 1. The molecule has 0 spiro atoms. The lowest BCUT2D eigenvalue weighted by molar-refractivity contribution is -0.145. The summed E-state index contributed by atoms with van der Waals surface area (Å²) in [7, 11) is 0. The van der Waals surface area contributed by atoms with Gasteiger partial charge in [0.05, 0.1) is 0 Å². The number of pyridine rings is 1. The summed E-state index contributed by atoms with van der Waals surface area (Å²) in [5, 5.41) is 0. The molecule has 1 aromatic rings. The summed E-state index contributed by atoms with van der Waals surface area (Å²) in [4.78, 5) is 15.7. The van der Waals surface area contributed by atoms with Gasteiger partial charge >= 0.3 is 5.97 Å². The molecule has 0 aromatic carbocycles. The van der Waals surface area contributed by atoms with Crippen molar-refractivity contribution in [2.24, 2.45) is 0 Å². The van der Waals surface area contributed by atoms with Gasteiger partial charge in [0.2, 0.25) is 0 Å². The van der Waals surface area contributed by atoms with Gasteiger partial charge in [-0.1, -0.05) is 51.5 Å². The number of carbonyl (C=O) groups excluding carboxylic acids is 1. The summed E-state index contributed by atoms with van der Waals surface area (Å²) < 4.78 is 5.26. The average Bonchev–Trinajstić information content (AvgIpc) is 2.70. The number of unbranched alkanes of at least 4 members (excludes halogenated alkanes) is 7. The zero-order valence-electron chi connectivity index (χ0n) is 17.0. The van der Waals surface area contributed by atoms with Gasteiger partial charge in [0, 0.05) is 35.9 Å². The topological polar surface area (TPSA) is 39.2 Å². The van der Waals surface area contributed by atoms with Crippen molar-refractivity contribution in [2.45, 2.75) is 77.7 Å². The summed E-state index contributed by atoms with van der Waals surface area (Å²) in [6, 6.07) is 3.77. The summed E-state index contributed by atoms with van der Waals surface area (Å²) in [5.41, 5.74) is 0.940. The first-order chi connectivity index (χ1) is 13.3. The Morgan fingerprint density at radius 3 is 2.26 bits per heavy atom. The zero-order valence-corrected chi connectivity index (χ0v) is 18.6. The highest BCUT2D eigenvalue weighted by molar-refractivity contribution is 8.02. The number of nitrogens with zero attached hydrogens (tertiary/aromatic N) is 1. The molecule has 0 aliphatic carbocycles. The van der Waals surface area contributed by atoms with Gasteiger partial charge < -0.3 is 4.74 Å². The number of esters is 1. The van der Waals surface area contributed by atoms with E-state index in [0.29, 0.717) is 13.0 Å². The van der Waals surface area contributed by atoms with Crippen molar-refractivity contribution >= 4 is 29.5 Å². The first-order valence-corrected chi connectivity index (χ1v) is 12.8. The fourth-order valence-electron chi connectivity index (χ4n) is 2.68. The maximum atomic E-state index is 11.7. The number of hydrogen-bond acceptors (Lipinski definition) is 5. The second-order valence-electron chi connectivity index (χ2n) is 6.83. The third kappa shape index (κ3) is 16.0. The minimum Gasteiger partial charge on any atom is -0.461 e. The van der Waals surface area contributed by atoms with Crippen molar-refractivity contribution in [1.29, 1.82) is 0 Å². The number of rotatable bonds is 18. The van der Waals surface area contributed by atoms with E-state index in [9.17, 15) is 4.79 Å². The highest BCUT2D eigenvalue weighted by Gasteiger charge is 2.03. The number of hydrogen-bond donors (Lipinski definition) is 0. The molecule has 3 nitrogen and oxygen atoms in total. The summed E-state index contributed by atoms with van der Waals surface area (Å²) >= 11 is 4.11. The Kier molecular flexibility index (Phi) is 16.8. The quantitative estimate of drug-likeness (QED) is 0.203. The van der Waals surface area contributed by atoms with Crippen molar-refractivity contribution in [3.63, 3.8) is 0 Å². The molecule has 0 amide bonds. The molecule has 0 atom stereocenters. The molecular weight excluding hydrogens is 374 g/mol. The Bertz CT molecular complexity index is 457. The molecule has 0 saturated heterocycles. The van der Waals surface area contributed by atoms with Crippen molar-refractivity contribution in [2.75, 3.05) is 23.0 Å². The second kappa shape index (κ2) is 18.7. The van der Waals surface area contributed by atoms with Crippen LogP contribution in [-0.2, 0) is 16.1 Å². The molecule has 1 heterocycles. The van der Waals surface area contributed by atoms with Gasteiger partial charge in [0.25, 0.3) is 0 Å².